The first kappa shape index (κ1) is 21.5. The van der Waals surface area contributed by atoms with Gasteiger partial charge in [0.2, 0.25) is 5.91 Å². The fourth-order valence-corrected chi connectivity index (χ4v) is 3.40. The molecule has 0 aromatic heterocycles. The van der Waals surface area contributed by atoms with Crippen LogP contribution >= 0.6 is 11.6 Å². The van der Waals surface area contributed by atoms with Crippen LogP contribution in [0.2, 0.25) is 5.02 Å². The molecule has 156 valence electrons. The molecule has 3 amide bonds. The van der Waals surface area contributed by atoms with Crippen LogP contribution in [0, 0.1) is 0 Å². The summed E-state index contributed by atoms with van der Waals surface area (Å²) in [5.74, 6) is -1.04. The van der Waals surface area contributed by atoms with Crippen molar-refractivity contribution in [1.29, 1.82) is 0 Å². The summed E-state index contributed by atoms with van der Waals surface area (Å²) in [6.07, 6.45) is 0. The molecule has 1 aliphatic heterocycles. The molecule has 8 heteroatoms. The van der Waals surface area contributed by atoms with E-state index in [1.54, 1.807) is 60.5 Å². The third-order valence-electron chi connectivity index (χ3n) is 4.71. The van der Waals surface area contributed by atoms with Crippen molar-refractivity contribution in [1.82, 2.24) is 9.80 Å². The lowest BCUT2D eigenvalue weighted by Gasteiger charge is -2.20. The first-order valence-corrected chi connectivity index (χ1v) is 9.74. The predicted octanol–water partition coefficient (Wildman–Crippen LogP) is 2.50. The highest BCUT2D eigenvalue weighted by molar-refractivity contribution is 6.35. The molecule has 0 unspecified atom stereocenters. The van der Waals surface area contributed by atoms with Gasteiger partial charge in [0.1, 0.15) is 5.70 Å². The van der Waals surface area contributed by atoms with Crippen LogP contribution in [0.3, 0.4) is 0 Å². The highest BCUT2D eigenvalue weighted by Gasteiger charge is 2.40. The van der Waals surface area contributed by atoms with E-state index in [1.165, 1.54) is 11.8 Å². The van der Waals surface area contributed by atoms with E-state index >= 15 is 0 Å². The molecule has 0 aliphatic carbocycles. The van der Waals surface area contributed by atoms with Gasteiger partial charge in [-0.1, -0.05) is 35.9 Å². The number of halogens is 1. The van der Waals surface area contributed by atoms with Crippen LogP contribution in [0.1, 0.15) is 18.1 Å². The van der Waals surface area contributed by atoms with Gasteiger partial charge in [0, 0.05) is 31.2 Å². The van der Waals surface area contributed by atoms with Gasteiger partial charge in [-0.15, -0.1) is 0 Å². The van der Waals surface area contributed by atoms with Crippen molar-refractivity contribution in [3.05, 3.63) is 70.4 Å². The number of benzene rings is 2. The molecule has 7 nitrogen and oxygen atoms in total. The Hall–Kier alpha value is -3.16. The molecule has 2 N–H and O–H groups in total. The Morgan fingerprint density at radius 3 is 2.27 bits per heavy atom. The Balaban J connectivity index is 1.97. The third kappa shape index (κ3) is 4.53. The van der Waals surface area contributed by atoms with E-state index in [1.807, 2.05) is 0 Å². The average Bonchev–Trinajstić information content (AvgIpc) is 2.95. The molecular formula is C22H22ClN3O4. The van der Waals surface area contributed by atoms with Gasteiger partial charge in [0.15, 0.2) is 0 Å². The van der Waals surface area contributed by atoms with Crippen molar-refractivity contribution < 1.29 is 19.5 Å². The number of carbonyl (C=O) groups excluding carboxylic acids is 3. The highest BCUT2D eigenvalue weighted by Crippen LogP contribution is 2.32. The summed E-state index contributed by atoms with van der Waals surface area (Å²) in [4.78, 5) is 40.4. The SMILES string of the molecule is CC(=O)Nc1ccc(C2=C(N(C)CCO)C(=O)N(Cc3ccc(Cl)cc3)C2=O)cc1. The summed E-state index contributed by atoms with van der Waals surface area (Å²) in [6, 6.07) is 13.7. The Bertz CT molecular complexity index is 1000. The molecule has 0 saturated carbocycles. The minimum Gasteiger partial charge on any atom is -0.395 e. The summed E-state index contributed by atoms with van der Waals surface area (Å²) >= 11 is 5.92. The van der Waals surface area contributed by atoms with Gasteiger partial charge >= 0.3 is 0 Å². The van der Waals surface area contributed by atoms with Crippen molar-refractivity contribution in [2.24, 2.45) is 0 Å². The van der Waals surface area contributed by atoms with Crippen molar-refractivity contribution in [3.8, 4) is 0 Å². The van der Waals surface area contributed by atoms with Gasteiger partial charge in [-0.25, -0.2) is 0 Å². The van der Waals surface area contributed by atoms with E-state index in [9.17, 15) is 19.5 Å². The summed E-state index contributed by atoms with van der Waals surface area (Å²) in [7, 11) is 1.66. The molecule has 0 atom stereocenters. The van der Waals surface area contributed by atoms with Crippen molar-refractivity contribution >= 4 is 40.6 Å². The molecule has 1 heterocycles. The van der Waals surface area contributed by atoms with Crippen LogP contribution in [0.5, 0.6) is 0 Å². The number of aliphatic hydroxyl groups is 1. The lowest BCUT2D eigenvalue weighted by Crippen LogP contribution is -2.34. The van der Waals surface area contributed by atoms with E-state index in [-0.39, 0.29) is 36.9 Å². The smallest absolute Gasteiger partial charge is 0.278 e. The van der Waals surface area contributed by atoms with Crippen LogP contribution < -0.4 is 5.32 Å². The third-order valence-corrected chi connectivity index (χ3v) is 4.96. The van der Waals surface area contributed by atoms with Gasteiger partial charge in [-0.3, -0.25) is 19.3 Å². The van der Waals surface area contributed by atoms with E-state index in [4.69, 9.17) is 11.6 Å². The summed E-state index contributed by atoms with van der Waals surface area (Å²) in [6.45, 7) is 1.56. The Labute approximate surface area is 179 Å². The maximum Gasteiger partial charge on any atom is 0.278 e. The van der Waals surface area contributed by atoms with Crippen molar-refractivity contribution in [3.63, 3.8) is 0 Å². The molecule has 2 aromatic rings. The molecule has 0 radical (unpaired) electrons. The number of likely N-dealkylation sites (N-methyl/N-ethyl adjacent to an activating group) is 1. The van der Waals surface area contributed by atoms with Crippen molar-refractivity contribution in [2.75, 3.05) is 25.5 Å². The topological polar surface area (TPSA) is 90.0 Å². The van der Waals surface area contributed by atoms with E-state index in [2.05, 4.69) is 5.32 Å². The van der Waals surface area contributed by atoms with E-state index in [0.29, 0.717) is 16.3 Å². The molecule has 0 fully saturated rings. The lowest BCUT2D eigenvalue weighted by atomic mass is 10.0. The Kier molecular flexibility index (Phi) is 6.54. The molecular weight excluding hydrogens is 406 g/mol. The zero-order valence-corrected chi connectivity index (χ0v) is 17.4. The standard InChI is InChI=1S/C22H22ClN3O4/c1-14(28)24-18-9-5-16(6-10-18)19-20(25(2)11-12-27)22(30)26(21(19)29)13-15-3-7-17(23)8-4-15/h3-10,27H,11-13H2,1-2H3,(H,24,28). The summed E-state index contributed by atoms with van der Waals surface area (Å²) in [5, 5.41) is 12.6. The molecule has 0 spiro atoms. The van der Waals surface area contributed by atoms with Gasteiger partial charge in [0.25, 0.3) is 11.8 Å². The number of nitrogens with one attached hydrogen (secondary N) is 1. The average molecular weight is 428 g/mol. The zero-order chi connectivity index (χ0) is 21.8. The number of hydrogen-bond acceptors (Lipinski definition) is 5. The first-order chi connectivity index (χ1) is 14.3. The van der Waals surface area contributed by atoms with Crippen LogP contribution in [0.15, 0.2) is 54.2 Å². The maximum atomic E-state index is 13.2. The van der Waals surface area contributed by atoms with Crippen LogP contribution in [0.4, 0.5) is 5.69 Å². The second-order valence-electron chi connectivity index (χ2n) is 6.95. The van der Waals surface area contributed by atoms with Crippen molar-refractivity contribution in [2.45, 2.75) is 13.5 Å². The van der Waals surface area contributed by atoms with Gasteiger partial charge < -0.3 is 15.3 Å². The van der Waals surface area contributed by atoms with E-state index in [0.717, 1.165) is 5.56 Å². The van der Waals surface area contributed by atoms with E-state index < -0.39 is 11.8 Å². The van der Waals surface area contributed by atoms with Crippen LogP contribution in [-0.2, 0) is 20.9 Å². The van der Waals surface area contributed by atoms with Gasteiger partial charge in [-0.05, 0) is 35.4 Å². The molecule has 0 saturated heterocycles. The molecule has 1 aliphatic rings. The lowest BCUT2D eigenvalue weighted by molar-refractivity contribution is -0.138. The minimum absolute atomic E-state index is 0.110. The fourth-order valence-electron chi connectivity index (χ4n) is 3.28. The Morgan fingerprint density at radius 1 is 1.07 bits per heavy atom. The number of amides is 3. The van der Waals surface area contributed by atoms with Crippen LogP contribution in [0.25, 0.3) is 5.57 Å². The largest absolute Gasteiger partial charge is 0.395 e. The second kappa shape index (κ2) is 9.11. The summed E-state index contributed by atoms with van der Waals surface area (Å²) in [5.41, 5.74) is 2.41. The zero-order valence-electron chi connectivity index (χ0n) is 16.7. The molecule has 3 rings (SSSR count). The number of nitrogens with zero attached hydrogens (tertiary/aromatic N) is 2. The number of rotatable bonds is 7. The first-order valence-electron chi connectivity index (χ1n) is 9.36. The number of anilines is 1. The number of carbonyl (C=O) groups is 3. The monoisotopic (exact) mass is 427 g/mol. The van der Waals surface area contributed by atoms with Gasteiger partial charge in [-0.2, -0.15) is 0 Å². The molecule has 30 heavy (non-hydrogen) atoms. The quantitative estimate of drug-likeness (QED) is 0.662. The minimum atomic E-state index is -0.424. The fraction of sp³-hybridized carbons (Fsp3) is 0.227. The van der Waals surface area contributed by atoms with Crippen LogP contribution in [-0.4, -0.2) is 52.8 Å². The highest BCUT2D eigenvalue weighted by atomic mass is 35.5. The predicted molar refractivity (Wildman–Crippen MR) is 114 cm³/mol. The maximum absolute atomic E-state index is 13.2. The summed E-state index contributed by atoms with van der Waals surface area (Å²) < 4.78 is 0. The number of aliphatic hydroxyl groups excluding tert-OH is 1. The number of hydrogen-bond donors (Lipinski definition) is 2. The Morgan fingerprint density at radius 2 is 1.70 bits per heavy atom. The normalized spacial score (nSPS) is 13.8. The second-order valence-corrected chi connectivity index (χ2v) is 7.39. The number of imide groups is 1. The molecule has 2 aromatic carbocycles. The molecule has 0 bridgehead atoms. The van der Waals surface area contributed by atoms with Gasteiger partial charge in [0.05, 0.1) is 18.7 Å².